The lowest BCUT2D eigenvalue weighted by Crippen LogP contribution is -2.17. The Kier molecular flexibility index (Phi) is 3.33. The van der Waals surface area contributed by atoms with Gasteiger partial charge in [0.2, 0.25) is 0 Å². The van der Waals surface area contributed by atoms with E-state index in [1.165, 1.54) is 5.69 Å². The Labute approximate surface area is 135 Å². The maximum Gasteiger partial charge on any atom is 0.168 e. The molecule has 23 heavy (non-hydrogen) atoms. The van der Waals surface area contributed by atoms with E-state index in [-0.39, 0.29) is 11.7 Å². The second-order valence-corrected chi connectivity index (χ2v) is 6.53. The molecule has 1 atom stereocenters. The molecule has 0 saturated carbocycles. The summed E-state index contributed by atoms with van der Waals surface area (Å²) in [5.41, 5.74) is 5.38. The molecular formula is C19H21N3O. The summed E-state index contributed by atoms with van der Waals surface area (Å²) in [6.07, 6.45) is 5.42. The lowest BCUT2D eigenvalue weighted by atomic mass is 9.90. The third-order valence-corrected chi connectivity index (χ3v) is 5.19. The van der Waals surface area contributed by atoms with Crippen molar-refractivity contribution in [1.29, 1.82) is 0 Å². The van der Waals surface area contributed by atoms with Crippen molar-refractivity contribution < 1.29 is 4.79 Å². The van der Waals surface area contributed by atoms with Gasteiger partial charge < -0.3 is 9.55 Å². The maximum absolute atomic E-state index is 13.3. The van der Waals surface area contributed by atoms with E-state index in [0.29, 0.717) is 0 Å². The number of H-pyrrole nitrogens is 1. The van der Waals surface area contributed by atoms with Gasteiger partial charge in [-0.25, -0.2) is 4.98 Å². The highest BCUT2D eigenvalue weighted by molar-refractivity contribution is 6.10. The molecule has 4 heteroatoms. The normalized spacial score (nSPS) is 18.2. The Morgan fingerprint density at radius 1 is 1.35 bits per heavy atom. The fourth-order valence-electron chi connectivity index (χ4n) is 3.89. The molecule has 0 spiro atoms. The fraction of sp³-hybridized carbons (Fsp3) is 0.368. The summed E-state index contributed by atoms with van der Waals surface area (Å²) in [6.45, 7) is 2.02. The number of Topliss-reactive ketones (excluding diaryl/α,β-unsaturated/α-hetero) is 1. The number of benzene rings is 1. The van der Waals surface area contributed by atoms with E-state index in [4.69, 9.17) is 0 Å². The zero-order chi connectivity index (χ0) is 16.0. The number of carbonyl (C=O) groups excluding carboxylic acids is 1. The van der Waals surface area contributed by atoms with Gasteiger partial charge in [0.1, 0.15) is 0 Å². The second kappa shape index (κ2) is 5.37. The number of para-hydroxylation sites is 1. The molecule has 1 aliphatic rings. The van der Waals surface area contributed by atoms with Crippen LogP contribution in [0.5, 0.6) is 0 Å². The van der Waals surface area contributed by atoms with Gasteiger partial charge in [0.15, 0.2) is 5.78 Å². The standard InChI is InChI=1S/C19H21N3O/c1-12-15(21-11-20-12)10-13-6-5-9-17-18(19(13)23)14-7-3-4-8-16(14)22(17)2/h3-4,7-8,11,13H,5-6,9-10H2,1-2H3,(H,20,21). The van der Waals surface area contributed by atoms with Gasteiger partial charge in [-0.2, -0.15) is 0 Å². The minimum Gasteiger partial charge on any atom is -0.348 e. The molecule has 0 fully saturated rings. The lowest BCUT2D eigenvalue weighted by molar-refractivity contribution is 0.0916. The molecule has 1 aliphatic carbocycles. The summed E-state index contributed by atoms with van der Waals surface area (Å²) >= 11 is 0. The van der Waals surface area contributed by atoms with Crippen molar-refractivity contribution in [2.24, 2.45) is 13.0 Å². The summed E-state index contributed by atoms with van der Waals surface area (Å²) in [5, 5.41) is 1.10. The Morgan fingerprint density at radius 3 is 2.96 bits per heavy atom. The topological polar surface area (TPSA) is 50.7 Å². The van der Waals surface area contributed by atoms with Gasteiger partial charge in [0, 0.05) is 47.2 Å². The Hall–Kier alpha value is -2.36. The van der Waals surface area contributed by atoms with Gasteiger partial charge in [0.05, 0.1) is 12.0 Å². The Morgan fingerprint density at radius 2 is 2.17 bits per heavy atom. The number of rotatable bonds is 2. The first-order valence-electron chi connectivity index (χ1n) is 8.26. The van der Waals surface area contributed by atoms with Crippen LogP contribution in [-0.2, 0) is 19.9 Å². The van der Waals surface area contributed by atoms with Gasteiger partial charge in [-0.3, -0.25) is 4.79 Å². The molecule has 2 aromatic heterocycles. The molecule has 4 nitrogen and oxygen atoms in total. The number of hydrogen-bond donors (Lipinski definition) is 1. The van der Waals surface area contributed by atoms with Crippen molar-refractivity contribution in [2.75, 3.05) is 0 Å². The highest BCUT2D eigenvalue weighted by Crippen LogP contribution is 2.33. The SMILES string of the molecule is Cc1[nH]cnc1CC1CCCc2c(c3ccccc3n2C)C1=O. The molecule has 1 aromatic carbocycles. The number of hydrogen-bond acceptors (Lipinski definition) is 2. The number of carbonyl (C=O) groups is 1. The third-order valence-electron chi connectivity index (χ3n) is 5.19. The zero-order valence-corrected chi connectivity index (χ0v) is 13.6. The number of nitrogens with zero attached hydrogens (tertiary/aromatic N) is 2. The highest BCUT2D eigenvalue weighted by atomic mass is 16.1. The molecule has 118 valence electrons. The number of aryl methyl sites for hydroxylation is 2. The van der Waals surface area contributed by atoms with Crippen LogP contribution in [0, 0.1) is 12.8 Å². The number of nitrogens with one attached hydrogen (secondary N) is 1. The van der Waals surface area contributed by atoms with Gasteiger partial charge in [-0.05, 0) is 32.3 Å². The van der Waals surface area contributed by atoms with Gasteiger partial charge >= 0.3 is 0 Å². The summed E-state index contributed by atoms with van der Waals surface area (Å²) in [6, 6.07) is 8.24. The number of aromatic amines is 1. The second-order valence-electron chi connectivity index (χ2n) is 6.53. The molecule has 4 rings (SSSR count). The van der Waals surface area contributed by atoms with E-state index >= 15 is 0 Å². The predicted molar refractivity (Wildman–Crippen MR) is 90.7 cm³/mol. The maximum atomic E-state index is 13.3. The van der Waals surface area contributed by atoms with E-state index in [1.54, 1.807) is 6.33 Å². The van der Waals surface area contributed by atoms with Crippen LogP contribution in [0.4, 0.5) is 0 Å². The summed E-state index contributed by atoms with van der Waals surface area (Å²) < 4.78 is 2.20. The summed E-state index contributed by atoms with van der Waals surface area (Å²) in [7, 11) is 2.08. The Balaban J connectivity index is 1.79. The molecule has 0 saturated heterocycles. The minimum atomic E-state index is 0.0315. The molecule has 0 aliphatic heterocycles. The highest BCUT2D eigenvalue weighted by Gasteiger charge is 2.30. The van der Waals surface area contributed by atoms with Crippen LogP contribution in [0.1, 0.15) is 40.3 Å². The van der Waals surface area contributed by atoms with E-state index in [0.717, 1.165) is 53.5 Å². The number of fused-ring (bicyclic) bond motifs is 3. The smallest absolute Gasteiger partial charge is 0.168 e. The van der Waals surface area contributed by atoms with E-state index in [1.807, 2.05) is 19.1 Å². The third kappa shape index (κ3) is 2.21. The molecule has 2 heterocycles. The number of imidazole rings is 1. The molecule has 3 aromatic rings. The van der Waals surface area contributed by atoms with Crippen LogP contribution < -0.4 is 0 Å². The van der Waals surface area contributed by atoms with Crippen molar-refractivity contribution in [2.45, 2.75) is 32.6 Å². The first kappa shape index (κ1) is 14.2. The van der Waals surface area contributed by atoms with Crippen LogP contribution in [0.3, 0.4) is 0 Å². The average Bonchev–Trinajstić information content (AvgIpc) is 3.02. The van der Waals surface area contributed by atoms with Gasteiger partial charge in [0.25, 0.3) is 0 Å². The minimum absolute atomic E-state index is 0.0315. The molecular weight excluding hydrogens is 286 g/mol. The van der Waals surface area contributed by atoms with E-state index in [9.17, 15) is 4.79 Å². The predicted octanol–water partition coefficient (Wildman–Crippen LogP) is 3.59. The van der Waals surface area contributed by atoms with Crippen LogP contribution >= 0.6 is 0 Å². The summed E-state index contributed by atoms with van der Waals surface area (Å²) in [4.78, 5) is 20.8. The molecule has 0 bridgehead atoms. The fourth-order valence-corrected chi connectivity index (χ4v) is 3.89. The lowest BCUT2D eigenvalue weighted by Gasteiger charge is -2.12. The van der Waals surface area contributed by atoms with Crippen molar-refractivity contribution in [3.63, 3.8) is 0 Å². The number of aromatic nitrogens is 3. The summed E-state index contributed by atoms with van der Waals surface area (Å²) in [5.74, 6) is 0.320. The monoisotopic (exact) mass is 307 g/mol. The first-order chi connectivity index (χ1) is 11.2. The van der Waals surface area contributed by atoms with E-state index in [2.05, 4.69) is 33.7 Å². The largest absolute Gasteiger partial charge is 0.348 e. The molecule has 1 unspecified atom stereocenters. The zero-order valence-electron chi connectivity index (χ0n) is 13.6. The molecule has 0 radical (unpaired) electrons. The quantitative estimate of drug-likeness (QED) is 0.736. The van der Waals surface area contributed by atoms with Crippen LogP contribution in [-0.4, -0.2) is 20.3 Å². The van der Waals surface area contributed by atoms with Crippen LogP contribution in [0.2, 0.25) is 0 Å². The molecule has 1 N–H and O–H groups in total. The first-order valence-corrected chi connectivity index (χ1v) is 8.26. The van der Waals surface area contributed by atoms with Gasteiger partial charge in [-0.1, -0.05) is 18.2 Å². The van der Waals surface area contributed by atoms with Gasteiger partial charge in [-0.15, -0.1) is 0 Å². The molecule has 0 amide bonds. The van der Waals surface area contributed by atoms with Crippen molar-refractivity contribution in [3.05, 3.63) is 53.2 Å². The Bertz CT molecular complexity index is 887. The van der Waals surface area contributed by atoms with E-state index < -0.39 is 0 Å². The van der Waals surface area contributed by atoms with Crippen molar-refractivity contribution >= 4 is 16.7 Å². The number of ketones is 1. The average molecular weight is 307 g/mol. The van der Waals surface area contributed by atoms with Crippen molar-refractivity contribution in [1.82, 2.24) is 14.5 Å². The van der Waals surface area contributed by atoms with Crippen LogP contribution in [0.25, 0.3) is 10.9 Å². The van der Waals surface area contributed by atoms with Crippen molar-refractivity contribution in [3.8, 4) is 0 Å². The van der Waals surface area contributed by atoms with Crippen LogP contribution in [0.15, 0.2) is 30.6 Å².